The van der Waals surface area contributed by atoms with Crippen molar-refractivity contribution in [3.8, 4) is 0 Å². The van der Waals surface area contributed by atoms with E-state index >= 15 is 0 Å². The molecule has 0 aliphatic carbocycles. The number of halogens is 1. The summed E-state index contributed by atoms with van der Waals surface area (Å²) in [6, 6.07) is 3.47. The molecule has 0 aliphatic rings. The number of hydrogen-bond acceptors (Lipinski definition) is 3. The Kier molecular flexibility index (Phi) is 4.37. The highest BCUT2D eigenvalue weighted by Crippen LogP contribution is 2.16. The second-order valence-corrected chi connectivity index (χ2v) is 3.50. The third kappa shape index (κ3) is 3.40. The van der Waals surface area contributed by atoms with E-state index in [0.29, 0.717) is 17.4 Å². The van der Waals surface area contributed by atoms with Crippen molar-refractivity contribution in [1.82, 2.24) is 9.88 Å². The number of nitrogens with one attached hydrogen (secondary N) is 1. The lowest BCUT2D eigenvalue weighted by molar-refractivity contribution is -0.127. The van der Waals surface area contributed by atoms with Crippen molar-refractivity contribution in [2.45, 2.75) is 6.92 Å². The Hall–Kier alpha value is -1.29. The molecule has 0 aromatic carbocycles. The minimum atomic E-state index is 0.0132. The molecule has 1 rings (SSSR count). The van der Waals surface area contributed by atoms with Gasteiger partial charge < -0.3 is 10.2 Å². The summed E-state index contributed by atoms with van der Waals surface area (Å²) in [6.07, 6.45) is 1.63. The van der Waals surface area contributed by atoms with Gasteiger partial charge in [0.2, 0.25) is 5.91 Å². The molecule has 5 heteroatoms. The Morgan fingerprint density at radius 2 is 2.40 bits per heavy atom. The molecule has 0 saturated heterocycles. The highest BCUT2D eigenvalue weighted by Gasteiger charge is 2.07. The standard InChI is InChI=1S/C10H14ClN3O/c1-3-14(2)9(15)7-13-10-8(11)5-4-6-12-10/h4-6H,3,7H2,1-2H3,(H,12,13). The summed E-state index contributed by atoms with van der Waals surface area (Å²) in [7, 11) is 1.75. The maximum Gasteiger partial charge on any atom is 0.241 e. The van der Waals surface area contributed by atoms with Gasteiger partial charge in [0, 0.05) is 19.8 Å². The summed E-state index contributed by atoms with van der Waals surface area (Å²) in [5.41, 5.74) is 0. The number of carbonyl (C=O) groups excluding carboxylic acids is 1. The van der Waals surface area contributed by atoms with Crippen molar-refractivity contribution in [2.75, 3.05) is 25.5 Å². The molecule has 15 heavy (non-hydrogen) atoms. The predicted octanol–water partition coefficient (Wildman–Crippen LogP) is 1.63. The predicted molar refractivity (Wildman–Crippen MR) is 61.0 cm³/mol. The fraction of sp³-hybridized carbons (Fsp3) is 0.400. The molecule has 0 saturated carbocycles. The number of amides is 1. The Morgan fingerprint density at radius 1 is 1.67 bits per heavy atom. The van der Waals surface area contributed by atoms with Crippen LogP contribution in [0.5, 0.6) is 0 Å². The van der Waals surface area contributed by atoms with Crippen molar-refractivity contribution in [3.05, 3.63) is 23.4 Å². The van der Waals surface area contributed by atoms with Crippen LogP contribution in [-0.2, 0) is 4.79 Å². The van der Waals surface area contributed by atoms with Crippen LogP contribution in [0.4, 0.5) is 5.82 Å². The van der Waals surface area contributed by atoms with Gasteiger partial charge in [0.15, 0.2) is 0 Å². The van der Waals surface area contributed by atoms with Gasteiger partial charge in [-0.15, -0.1) is 0 Å². The van der Waals surface area contributed by atoms with Gasteiger partial charge in [-0.05, 0) is 19.1 Å². The first-order chi connectivity index (χ1) is 7.15. The highest BCUT2D eigenvalue weighted by atomic mass is 35.5. The number of rotatable bonds is 4. The van der Waals surface area contributed by atoms with Crippen molar-refractivity contribution < 1.29 is 4.79 Å². The Labute approximate surface area is 94.3 Å². The van der Waals surface area contributed by atoms with E-state index in [-0.39, 0.29) is 12.5 Å². The molecule has 0 radical (unpaired) electrons. The summed E-state index contributed by atoms with van der Waals surface area (Å²) >= 11 is 5.87. The van der Waals surface area contributed by atoms with Gasteiger partial charge in [-0.3, -0.25) is 4.79 Å². The molecule has 0 unspecified atom stereocenters. The Balaban J connectivity index is 2.51. The van der Waals surface area contributed by atoms with Crippen LogP contribution >= 0.6 is 11.6 Å². The lowest BCUT2D eigenvalue weighted by Crippen LogP contribution is -2.32. The molecule has 0 fully saturated rings. The maximum absolute atomic E-state index is 11.5. The van der Waals surface area contributed by atoms with E-state index in [2.05, 4.69) is 10.3 Å². The van der Waals surface area contributed by atoms with Gasteiger partial charge in [-0.25, -0.2) is 4.98 Å². The minimum absolute atomic E-state index is 0.0132. The second-order valence-electron chi connectivity index (χ2n) is 3.10. The SMILES string of the molecule is CCN(C)C(=O)CNc1ncccc1Cl. The normalized spacial score (nSPS) is 9.80. The smallest absolute Gasteiger partial charge is 0.241 e. The zero-order valence-corrected chi connectivity index (χ0v) is 9.58. The van der Waals surface area contributed by atoms with Crippen LogP contribution in [0.25, 0.3) is 0 Å². The fourth-order valence-corrected chi connectivity index (χ4v) is 1.17. The van der Waals surface area contributed by atoms with Crippen molar-refractivity contribution in [1.29, 1.82) is 0 Å². The molecule has 1 aromatic heterocycles. The molecule has 82 valence electrons. The average Bonchev–Trinajstić information content (AvgIpc) is 2.26. The van der Waals surface area contributed by atoms with Gasteiger partial charge >= 0.3 is 0 Å². The van der Waals surface area contributed by atoms with Crippen molar-refractivity contribution in [2.24, 2.45) is 0 Å². The fourth-order valence-electron chi connectivity index (χ4n) is 0.986. The van der Waals surface area contributed by atoms with Crippen molar-refractivity contribution in [3.63, 3.8) is 0 Å². The minimum Gasteiger partial charge on any atom is -0.360 e. The van der Waals surface area contributed by atoms with E-state index in [1.54, 1.807) is 30.3 Å². The number of anilines is 1. The number of aromatic nitrogens is 1. The molecule has 0 spiro atoms. The van der Waals surface area contributed by atoms with E-state index in [4.69, 9.17) is 11.6 Å². The molecular formula is C10H14ClN3O. The first-order valence-corrected chi connectivity index (χ1v) is 5.11. The van der Waals surface area contributed by atoms with E-state index in [1.807, 2.05) is 6.92 Å². The molecule has 1 aromatic rings. The summed E-state index contributed by atoms with van der Waals surface area (Å²) in [4.78, 5) is 17.1. The van der Waals surface area contributed by atoms with Gasteiger partial charge in [0.05, 0.1) is 11.6 Å². The Morgan fingerprint density at radius 3 is 3.00 bits per heavy atom. The molecule has 1 amide bonds. The quantitative estimate of drug-likeness (QED) is 0.851. The third-order valence-corrected chi connectivity index (χ3v) is 2.37. The third-order valence-electron chi connectivity index (χ3n) is 2.07. The van der Waals surface area contributed by atoms with Gasteiger partial charge in [0.1, 0.15) is 5.82 Å². The first-order valence-electron chi connectivity index (χ1n) is 4.73. The van der Waals surface area contributed by atoms with Crippen LogP contribution in [-0.4, -0.2) is 35.9 Å². The van der Waals surface area contributed by atoms with Crippen LogP contribution in [0.1, 0.15) is 6.92 Å². The molecule has 1 N–H and O–H groups in total. The van der Waals surface area contributed by atoms with Crippen LogP contribution in [0.2, 0.25) is 5.02 Å². The topological polar surface area (TPSA) is 45.2 Å². The first kappa shape index (κ1) is 11.8. The summed E-state index contributed by atoms with van der Waals surface area (Å²) < 4.78 is 0. The number of likely N-dealkylation sites (N-methyl/N-ethyl adjacent to an activating group) is 1. The van der Waals surface area contributed by atoms with E-state index in [0.717, 1.165) is 0 Å². The average molecular weight is 228 g/mol. The maximum atomic E-state index is 11.5. The molecular weight excluding hydrogens is 214 g/mol. The molecule has 4 nitrogen and oxygen atoms in total. The molecule has 0 bridgehead atoms. The van der Waals surface area contributed by atoms with Crippen LogP contribution in [0, 0.1) is 0 Å². The zero-order chi connectivity index (χ0) is 11.3. The molecule has 0 atom stereocenters. The molecule has 1 heterocycles. The highest BCUT2D eigenvalue weighted by molar-refractivity contribution is 6.32. The lowest BCUT2D eigenvalue weighted by atomic mass is 10.4. The van der Waals surface area contributed by atoms with Gasteiger partial charge in [-0.2, -0.15) is 0 Å². The van der Waals surface area contributed by atoms with Gasteiger partial charge in [-0.1, -0.05) is 11.6 Å². The number of carbonyl (C=O) groups is 1. The van der Waals surface area contributed by atoms with Crippen LogP contribution in [0.3, 0.4) is 0 Å². The van der Waals surface area contributed by atoms with Crippen molar-refractivity contribution >= 4 is 23.3 Å². The second kappa shape index (κ2) is 5.56. The van der Waals surface area contributed by atoms with Gasteiger partial charge in [0.25, 0.3) is 0 Å². The van der Waals surface area contributed by atoms with E-state index in [1.165, 1.54) is 0 Å². The largest absolute Gasteiger partial charge is 0.360 e. The van der Waals surface area contributed by atoms with Crippen LogP contribution in [0.15, 0.2) is 18.3 Å². The number of nitrogens with zero attached hydrogens (tertiary/aromatic N) is 2. The summed E-state index contributed by atoms with van der Waals surface area (Å²) in [6.45, 7) is 2.82. The summed E-state index contributed by atoms with van der Waals surface area (Å²) in [5.74, 6) is 0.552. The van der Waals surface area contributed by atoms with E-state index in [9.17, 15) is 4.79 Å². The lowest BCUT2D eigenvalue weighted by Gasteiger charge is -2.15. The van der Waals surface area contributed by atoms with E-state index < -0.39 is 0 Å². The zero-order valence-electron chi connectivity index (χ0n) is 8.83. The number of pyridine rings is 1. The monoisotopic (exact) mass is 227 g/mol. The number of hydrogen-bond donors (Lipinski definition) is 1. The molecule has 0 aliphatic heterocycles. The summed E-state index contributed by atoms with van der Waals surface area (Å²) in [5, 5.41) is 3.41. The Bertz CT molecular complexity index is 343. The van der Waals surface area contributed by atoms with Crippen LogP contribution < -0.4 is 5.32 Å².